The van der Waals surface area contributed by atoms with Gasteiger partial charge in [0.1, 0.15) is 16.5 Å². The highest BCUT2D eigenvalue weighted by Crippen LogP contribution is 2.39. The van der Waals surface area contributed by atoms with E-state index in [1.807, 2.05) is 6.07 Å². The van der Waals surface area contributed by atoms with Crippen LogP contribution < -0.4 is 5.63 Å². The molecule has 27 heavy (non-hydrogen) atoms. The zero-order valence-electron chi connectivity index (χ0n) is 14.0. The predicted octanol–water partition coefficient (Wildman–Crippen LogP) is 3.59. The predicted molar refractivity (Wildman–Crippen MR) is 102 cm³/mol. The molecule has 2 heterocycles. The average molecular weight is 382 g/mol. The van der Waals surface area contributed by atoms with Crippen molar-refractivity contribution in [2.24, 2.45) is 0 Å². The van der Waals surface area contributed by atoms with Gasteiger partial charge in [0.05, 0.1) is 4.92 Å². The standard InChI is InChI=1S/C19H14N2O5S/c22-17(15-11-13-3-1-2-4-16(13)26-19(15)23)20-9-10-27-18(20)12-5-7-14(8-6-12)21(24)25/h1-8,11,18H,9-10H2/t18-/m1/s1. The Morgan fingerprint density at radius 2 is 1.93 bits per heavy atom. The Morgan fingerprint density at radius 1 is 1.19 bits per heavy atom. The zero-order valence-corrected chi connectivity index (χ0v) is 14.8. The van der Waals surface area contributed by atoms with E-state index in [-0.39, 0.29) is 16.6 Å². The van der Waals surface area contributed by atoms with Gasteiger partial charge in [0.25, 0.3) is 11.6 Å². The van der Waals surface area contributed by atoms with Crippen molar-refractivity contribution in [3.63, 3.8) is 0 Å². The second kappa shape index (κ2) is 6.88. The van der Waals surface area contributed by atoms with Gasteiger partial charge in [-0.25, -0.2) is 4.79 Å². The lowest BCUT2D eigenvalue weighted by Gasteiger charge is -2.23. The number of nitro benzene ring substituents is 1. The van der Waals surface area contributed by atoms with Crippen LogP contribution in [0.5, 0.6) is 0 Å². The van der Waals surface area contributed by atoms with Crippen molar-refractivity contribution in [3.8, 4) is 0 Å². The number of carbonyl (C=O) groups is 1. The Labute approximate surface area is 157 Å². The van der Waals surface area contributed by atoms with E-state index >= 15 is 0 Å². The van der Waals surface area contributed by atoms with Crippen LogP contribution in [0.1, 0.15) is 21.3 Å². The van der Waals surface area contributed by atoms with Gasteiger partial charge in [0.15, 0.2) is 0 Å². The van der Waals surface area contributed by atoms with E-state index in [0.29, 0.717) is 23.3 Å². The first-order valence-electron chi connectivity index (χ1n) is 8.24. The van der Waals surface area contributed by atoms with Gasteiger partial charge in [0.2, 0.25) is 0 Å². The molecule has 1 atom stereocenters. The van der Waals surface area contributed by atoms with Gasteiger partial charge >= 0.3 is 5.63 Å². The highest BCUT2D eigenvalue weighted by Gasteiger charge is 2.33. The maximum atomic E-state index is 13.0. The van der Waals surface area contributed by atoms with Crippen molar-refractivity contribution in [1.29, 1.82) is 0 Å². The maximum absolute atomic E-state index is 13.0. The number of hydrogen-bond donors (Lipinski definition) is 0. The lowest BCUT2D eigenvalue weighted by Crippen LogP contribution is -2.33. The van der Waals surface area contributed by atoms with E-state index < -0.39 is 16.5 Å². The number of nitrogens with zero attached hydrogens (tertiary/aromatic N) is 2. The number of amides is 1. The van der Waals surface area contributed by atoms with Gasteiger partial charge in [-0.05, 0) is 29.8 Å². The lowest BCUT2D eigenvalue weighted by molar-refractivity contribution is -0.384. The summed E-state index contributed by atoms with van der Waals surface area (Å²) < 4.78 is 5.27. The first-order chi connectivity index (χ1) is 13.0. The minimum atomic E-state index is -0.668. The monoisotopic (exact) mass is 382 g/mol. The topological polar surface area (TPSA) is 93.7 Å². The summed E-state index contributed by atoms with van der Waals surface area (Å²) in [7, 11) is 0. The number of carbonyl (C=O) groups excluding carboxylic acids is 1. The van der Waals surface area contributed by atoms with Crippen molar-refractivity contribution in [2.75, 3.05) is 12.3 Å². The zero-order chi connectivity index (χ0) is 19.0. The Hall–Kier alpha value is -3.13. The molecule has 1 aromatic heterocycles. The Morgan fingerprint density at radius 3 is 2.67 bits per heavy atom. The molecular formula is C19H14N2O5S. The van der Waals surface area contributed by atoms with E-state index in [9.17, 15) is 19.7 Å². The van der Waals surface area contributed by atoms with Gasteiger partial charge in [-0.3, -0.25) is 14.9 Å². The first kappa shape index (κ1) is 17.3. The Balaban J connectivity index is 1.67. The molecule has 0 saturated carbocycles. The minimum Gasteiger partial charge on any atom is -0.422 e. The number of fused-ring (bicyclic) bond motifs is 1. The maximum Gasteiger partial charge on any atom is 0.349 e. The Bertz CT molecular complexity index is 1090. The molecule has 0 radical (unpaired) electrons. The van der Waals surface area contributed by atoms with Crippen LogP contribution in [0.15, 0.2) is 63.8 Å². The fraction of sp³-hybridized carbons (Fsp3) is 0.158. The molecular weight excluding hydrogens is 368 g/mol. The molecule has 4 rings (SSSR count). The van der Waals surface area contributed by atoms with Crippen LogP contribution in [0.3, 0.4) is 0 Å². The van der Waals surface area contributed by atoms with Gasteiger partial charge in [-0.15, -0.1) is 11.8 Å². The molecule has 1 saturated heterocycles. The summed E-state index contributed by atoms with van der Waals surface area (Å²) in [6, 6.07) is 14.7. The molecule has 0 unspecified atom stereocenters. The third-order valence-corrected chi connectivity index (χ3v) is 5.67. The van der Waals surface area contributed by atoms with Crippen LogP contribution in [0.25, 0.3) is 11.0 Å². The molecule has 0 bridgehead atoms. The van der Waals surface area contributed by atoms with E-state index in [1.165, 1.54) is 12.1 Å². The number of hydrogen-bond acceptors (Lipinski definition) is 6. The van der Waals surface area contributed by atoms with Gasteiger partial charge in [-0.2, -0.15) is 0 Å². The fourth-order valence-electron chi connectivity index (χ4n) is 3.08. The summed E-state index contributed by atoms with van der Waals surface area (Å²) >= 11 is 1.55. The first-order valence-corrected chi connectivity index (χ1v) is 9.29. The summed E-state index contributed by atoms with van der Waals surface area (Å²) in [5.41, 5.74) is 0.527. The molecule has 0 spiro atoms. The SMILES string of the molecule is O=C(c1cc2ccccc2oc1=O)N1CCS[C@@H]1c1ccc([N+](=O)[O-])cc1. The third-order valence-electron chi connectivity index (χ3n) is 4.41. The molecule has 7 nitrogen and oxygen atoms in total. The molecule has 1 fully saturated rings. The molecule has 1 aliphatic rings. The van der Waals surface area contributed by atoms with Crippen LogP contribution in [0.4, 0.5) is 5.69 Å². The van der Waals surface area contributed by atoms with Crippen LogP contribution >= 0.6 is 11.8 Å². The minimum absolute atomic E-state index is 0.00482. The molecule has 3 aromatic rings. The summed E-state index contributed by atoms with van der Waals surface area (Å²) in [4.78, 5) is 37.3. The van der Waals surface area contributed by atoms with Crippen molar-refractivity contribution in [1.82, 2.24) is 4.90 Å². The number of benzene rings is 2. The largest absolute Gasteiger partial charge is 0.422 e. The summed E-state index contributed by atoms with van der Waals surface area (Å²) in [6.07, 6.45) is 0. The average Bonchev–Trinajstić information content (AvgIpc) is 3.16. The number of nitro groups is 1. The summed E-state index contributed by atoms with van der Waals surface area (Å²) in [5.74, 6) is 0.314. The molecule has 2 aromatic carbocycles. The van der Waals surface area contributed by atoms with Crippen molar-refractivity contribution >= 4 is 34.3 Å². The number of non-ortho nitro benzene ring substituents is 1. The van der Waals surface area contributed by atoms with E-state index in [0.717, 1.165) is 5.56 Å². The molecule has 1 aliphatic heterocycles. The molecule has 1 amide bonds. The van der Waals surface area contributed by atoms with E-state index in [2.05, 4.69) is 0 Å². The lowest BCUT2D eigenvalue weighted by atomic mass is 10.1. The fourth-order valence-corrected chi connectivity index (χ4v) is 4.34. The highest BCUT2D eigenvalue weighted by molar-refractivity contribution is 7.99. The van der Waals surface area contributed by atoms with Crippen LogP contribution in [0.2, 0.25) is 0 Å². The third kappa shape index (κ3) is 3.19. The molecule has 0 aliphatic carbocycles. The highest BCUT2D eigenvalue weighted by atomic mass is 32.2. The smallest absolute Gasteiger partial charge is 0.349 e. The van der Waals surface area contributed by atoms with Crippen molar-refractivity contribution < 1.29 is 14.1 Å². The summed E-state index contributed by atoms with van der Waals surface area (Å²) in [6.45, 7) is 0.484. The second-order valence-electron chi connectivity index (χ2n) is 6.06. The van der Waals surface area contributed by atoms with E-state index in [1.54, 1.807) is 53.1 Å². The Kier molecular flexibility index (Phi) is 4.41. The van der Waals surface area contributed by atoms with Gasteiger partial charge < -0.3 is 9.32 Å². The summed E-state index contributed by atoms with van der Waals surface area (Å²) in [5, 5.41) is 11.2. The number of rotatable bonds is 3. The second-order valence-corrected chi connectivity index (χ2v) is 7.24. The van der Waals surface area contributed by atoms with Gasteiger partial charge in [0, 0.05) is 29.8 Å². The molecule has 0 N–H and O–H groups in total. The number of para-hydroxylation sites is 1. The van der Waals surface area contributed by atoms with E-state index in [4.69, 9.17) is 4.42 Å². The van der Waals surface area contributed by atoms with Crippen molar-refractivity contribution in [2.45, 2.75) is 5.37 Å². The van der Waals surface area contributed by atoms with Crippen LogP contribution in [-0.2, 0) is 0 Å². The van der Waals surface area contributed by atoms with Gasteiger partial charge in [-0.1, -0.05) is 18.2 Å². The molecule has 136 valence electrons. The quantitative estimate of drug-likeness (QED) is 0.390. The van der Waals surface area contributed by atoms with Crippen LogP contribution in [-0.4, -0.2) is 28.0 Å². The molecule has 8 heteroatoms. The number of thioether (sulfide) groups is 1. The normalized spacial score (nSPS) is 16.6. The van der Waals surface area contributed by atoms with Crippen molar-refractivity contribution in [3.05, 3.63) is 86.3 Å². The van der Waals surface area contributed by atoms with Crippen LogP contribution in [0, 0.1) is 10.1 Å².